The second-order valence-electron chi connectivity index (χ2n) is 2.36. The summed E-state index contributed by atoms with van der Waals surface area (Å²) in [6.07, 6.45) is -1.42. The number of carboxylic acid groups (broad SMARTS) is 1. The van der Waals surface area contributed by atoms with E-state index in [0.29, 0.717) is 0 Å². The molecule has 0 unspecified atom stereocenters. The quantitative estimate of drug-likeness (QED) is 0.582. The number of amides is 2. The Bertz CT molecular complexity index is 367. The minimum Gasteiger partial charge on any atom is -0.464 e. The van der Waals surface area contributed by atoms with Gasteiger partial charge in [0.1, 0.15) is 5.82 Å². The zero-order valence-electron chi connectivity index (χ0n) is 6.95. The maximum Gasteiger partial charge on any atom is 0.423 e. The van der Waals surface area contributed by atoms with Crippen molar-refractivity contribution in [3.63, 3.8) is 0 Å². The lowest BCUT2D eigenvalue weighted by Gasteiger charge is -2.04. The number of halogens is 1. The molecule has 0 saturated carbocycles. The molecule has 0 heterocycles. The zero-order chi connectivity index (χ0) is 10.6. The van der Waals surface area contributed by atoms with Crippen molar-refractivity contribution in [1.29, 1.82) is 0 Å². The van der Waals surface area contributed by atoms with Gasteiger partial charge in [0.2, 0.25) is 0 Å². The molecule has 0 aliphatic carbocycles. The Labute approximate surface area is 78.5 Å². The van der Waals surface area contributed by atoms with E-state index in [1.54, 1.807) is 5.43 Å². The third-order valence-electron chi connectivity index (χ3n) is 1.40. The summed E-state index contributed by atoms with van der Waals surface area (Å²) < 4.78 is 12.9. The molecule has 5 nitrogen and oxygen atoms in total. The molecule has 0 fully saturated rings. The number of hydrazine groups is 1. The van der Waals surface area contributed by atoms with Crippen LogP contribution in [0.1, 0.15) is 10.4 Å². The maximum atomic E-state index is 12.9. The van der Waals surface area contributed by atoms with Gasteiger partial charge < -0.3 is 5.11 Å². The van der Waals surface area contributed by atoms with E-state index in [9.17, 15) is 14.0 Å². The van der Waals surface area contributed by atoms with Crippen LogP contribution >= 0.6 is 0 Å². The fraction of sp³-hybridized carbons (Fsp3) is 0. The first-order chi connectivity index (χ1) is 6.61. The van der Waals surface area contributed by atoms with Gasteiger partial charge in [0.25, 0.3) is 5.91 Å². The Kier molecular flexibility index (Phi) is 3.01. The zero-order valence-corrected chi connectivity index (χ0v) is 6.95. The van der Waals surface area contributed by atoms with Crippen LogP contribution in [0, 0.1) is 5.82 Å². The molecule has 2 amide bonds. The van der Waals surface area contributed by atoms with Crippen molar-refractivity contribution in [2.24, 2.45) is 0 Å². The summed E-state index contributed by atoms with van der Waals surface area (Å²) in [7, 11) is 0. The fourth-order valence-corrected chi connectivity index (χ4v) is 0.823. The van der Waals surface area contributed by atoms with Gasteiger partial charge >= 0.3 is 6.09 Å². The summed E-state index contributed by atoms with van der Waals surface area (Å²) in [6, 6.07) is 5.25. The number of benzene rings is 1. The van der Waals surface area contributed by atoms with Gasteiger partial charge in [-0.2, -0.15) is 0 Å². The largest absolute Gasteiger partial charge is 0.464 e. The minimum atomic E-state index is -1.42. The second kappa shape index (κ2) is 4.22. The van der Waals surface area contributed by atoms with Crippen molar-refractivity contribution < 1.29 is 19.1 Å². The van der Waals surface area contributed by atoms with Crippen LogP contribution in [0.4, 0.5) is 9.18 Å². The van der Waals surface area contributed by atoms with Crippen LogP contribution in [0.25, 0.3) is 0 Å². The normalized spacial score (nSPS) is 9.21. The van der Waals surface area contributed by atoms with Crippen molar-refractivity contribution >= 4 is 12.0 Å². The van der Waals surface area contributed by atoms with Crippen molar-refractivity contribution in [2.75, 3.05) is 0 Å². The van der Waals surface area contributed by atoms with E-state index in [0.717, 1.165) is 6.07 Å². The Morgan fingerprint density at radius 1 is 1.21 bits per heavy atom. The fourth-order valence-electron chi connectivity index (χ4n) is 0.823. The average molecular weight is 198 g/mol. The lowest BCUT2D eigenvalue weighted by Crippen LogP contribution is -2.41. The predicted octanol–water partition coefficient (Wildman–Crippen LogP) is 0.738. The van der Waals surface area contributed by atoms with Crippen LogP contribution in [0.5, 0.6) is 0 Å². The third-order valence-corrected chi connectivity index (χ3v) is 1.40. The number of nitrogens with one attached hydrogen (secondary N) is 2. The molecular weight excluding hydrogens is 191 g/mol. The van der Waals surface area contributed by atoms with Crippen LogP contribution in [0.2, 0.25) is 0 Å². The molecule has 0 radical (unpaired) electrons. The molecule has 3 N–H and O–H groups in total. The molecule has 6 heteroatoms. The Morgan fingerprint density at radius 3 is 2.43 bits per heavy atom. The van der Waals surface area contributed by atoms with E-state index in [2.05, 4.69) is 0 Å². The highest BCUT2D eigenvalue weighted by atomic mass is 19.1. The van der Waals surface area contributed by atoms with Crippen LogP contribution < -0.4 is 10.9 Å². The highest BCUT2D eigenvalue weighted by Gasteiger charge is 2.10. The monoisotopic (exact) mass is 198 g/mol. The van der Waals surface area contributed by atoms with E-state index in [1.165, 1.54) is 18.2 Å². The maximum absolute atomic E-state index is 12.9. The molecule has 14 heavy (non-hydrogen) atoms. The molecule has 1 rings (SSSR count). The molecule has 0 atom stereocenters. The molecular formula is C8H7FN2O3. The third kappa shape index (κ3) is 2.44. The van der Waals surface area contributed by atoms with E-state index in [-0.39, 0.29) is 5.56 Å². The van der Waals surface area contributed by atoms with Gasteiger partial charge in [-0.25, -0.2) is 14.6 Å². The molecule has 0 aliphatic heterocycles. The van der Waals surface area contributed by atoms with E-state index >= 15 is 0 Å². The highest BCUT2D eigenvalue weighted by Crippen LogP contribution is 2.04. The van der Waals surface area contributed by atoms with Gasteiger partial charge in [0.05, 0.1) is 5.56 Å². The second-order valence-corrected chi connectivity index (χ2v) is 2.36. The van der Waals surface area contributed by atoms with Crippen molar-refractivity contribution in [1.82, 2.24) is 10.9 Å². The number of carbonyl (C=O) groups excluding carboxylic acids is 1. The van der Waals surface area contributed by atoms with E-state index < -0.39 is 17.8 Å². The molecule has 0 aromatic heterocycles. The highest BCUT2D eigenvalue weighted by molar-refractivity contribution is 5.95. The van der Waals surface area contributed by atoms with Crippen molar-refractivity contribution in [3.8, 4) is 0 Å². The summed E-state index contributed by atoms with van der Waals surface area (Å²) in [6.45, 7) is 0. The van der Waals surface area contributed by atoms with Gasteiger partial charge in [-0.3, -0.25) is 10.2 Å². The Hall–Kier alpha value is -2.11. The van der Waals surface area contributed by atoms with E-state index in [4.69, 9.17) is 5.11 Å². The molecule has 1 aromatic rings. The number of carbonyl (C=O) groups is 2. The summed E-state index contributed by atoms with van der Waals surface area (Å²) in [5, 5.41) is 8.16. The number of hydrogen-bond acceptors (Lipinski definition) is 2. The summed E-state index contributed by atoms with van der Waals surface area (Å²) in [4.78, 5) is 21.1. The number of hydrogen-bond donors (Lipinski definition) is 3. The van der Waals surface area contributed by atoms with Gasteiger partial charge in [0, 0.05) is 0 Å². The molecule has 0 saturated heterocycles. The minimum absolute atomic E-state index is 0.221. The van der Waals surface area contributed by atoms with Crippen LogP contribution in [-0.4, -0.2) is 17.1 Å². The lowest BCUT2D eigenvalue weighted by molar-refractivity contribution is 0.0922. The van der Waals surface area contributed by atoms with Gasteiger partial charge in [0.15, 0.2) is 0 Å². The van der Waals surface area contributed by atoms with Crippen LogP contribution in [0.15, 0.2) is 24.3 Å². The molecule has 0 spiro atoms. The summed E-state index contributed by atoms with van der Waals surface area (Å²) >= 11 is 0. The topological polar surface area (TPSA) is 78.4 Å². The van der Waals surface area contributed by atoms with Crippen molar-refractivity contribution in [3.05, 3.63) is 35.6 Å². The van der Waals surface area contributed by atoms with Crippen LogP contribution in [-0.2, 0) is 0 Å². The van der Waals surface area contributed by atoms with Gasteiger partial charge in [-0.1, -0.05) is 12.1 Å². The molecule has 74 valence electrons. The van der Waals surface area contributed by atoms with Gasteiger partial charge in [-0.05, 0) is 12.1 Å². The standard InChI is InChI=1S/C8H7FN2O3/c9-6-4-2-1-3-5(6)7(12)10-11-8(13)14/h1-4,11H,(H,10,12)(H,13,14). The Morgan fingerprint density at radius 2 is 1.86 bits per heavy atom. The molecule has 0 bridgehead atoms. The van der Waals surface area contributed by atoms with Crippen molar-refractivity contribution in [2.45, 2.75) is 0 Å². The predicted molar refractivity (Wildman–Crippen MR) is 45.0 cm³/mol. The smallest absolute Gasteiger partial charge is 0.423 e. The van der Waals surface area contributed by atoms with Gasteiger partial charge in [-0.15, -0.1) is 0 Å². The molecule has 1 aromatic carbocycles. The lowest BCUT2D eigenvalue weighted by atomic mass is 10.2. The first kappa shape index (κ1) is 9.97. The van der Waals surface area contributed by atoms with E-state index in [1.807, 2.05) is 5.43 Å². The first-order valence-electron chi connectivity index (χ1n) is 3.65. The Balaban J connectivity index is 2.70. The average Bonchev–Trinajstić information content (AvgIpc) is 2.15. The summed E-state index contributed by atoms with van der Waals surface area (Å²) in [5.41, 5.74) is 3.21. The number of rotatable bonds is 1. The SMILES string of the molecule is O=C(O)NNC(=O)c1ccccc1F. The summed E-state index contributed by atoms with van der Waals surface area (Å²) in [5.74, 6) is -1.55. The molecule has 0 aliphatic rings. The first-order valence-corrected chi connectivity index (χ1v) is 3.65. The van der Waals surface area contributed by atoms with Crippen LogP contribution in [0.3, 0.4) is 0 Å².